The number of benzene rings is 9. The number of azo groups is 2. The summed E-state index contributed by atoms with van der Waals surface area (Å²) in [5, 5.41) is 30.2. The van der Waals surface area contributed by atoms with Crippen molar-refractivity contribution >= 4 is 67.6 Å². The molecule has 0 aliphatic heterocycles. The fraction of sp³-hybridized carbons (Fsp3) is 0.169. The van der Waals surface area contributed by atoms with Gasteiger partial charge in [0.25, 0.3) is 0 Å². The number of rotatable bonds is 22. The molecule has 0 unspecified atom stereocenters. The van der Waals surface area contributed by atoms with Crippen molar-refractivity contribution in [2.45, 2.75) is 59.5 Å². The van der Waals surface area contributed by atoms with Crippen LogP contribution in [0.15, 0.2) is 221 Å². The van der Waals surface area contributed by atoms with Crippen LogP contribution >= 0.6 is 0 Å². The summed E-state index contributed by atoms with van der Waals surface area (Å²) in [7, 11) is 0. The number of hydrogen-bond acceptors (Lipinski definition) is 11. The molecule has 0 fully saturated rings. The highest BCUT2D eigenvalue weighted by Gasteiger charge is 2.12. The van der Waals surface area contributed by atoms with Gasteiger partial charge in [0, 0.05) is 51.6 Å². The summed E-state index contributed by atoms with van der Waals surface area (Å²) >= 11 is 0. The van der Waals surface area contributed by atoms with Crippen LogP contribution in [0.3, 0.4) is 0 Å². The van der Waals surface area contributed by atoms with Crippen LogP contribution in [-0.2, 0) is 22.6 Å². The van der Waals surface area contributed by atoms with E-state index < -0.39 is 5.97 Å². The van der Waals surface area contributed by atoms with E-state index in [2.05, 4.69) is 110 Å². The maximum atomic E-state index is 13.0. The van der Waals surface area contributed by atoms with E-state index in [1.165, 1.54) is 5.56 Å². The smallest absolute Gasteiger partial charge is 0.343 e. The summed E-state index contributed by atoms with van der Waals surface area (Å²) < 4.78 is 16.6. The van der Waals surface area contributed by atoms with Crippen LogP contribution in [0.5, 0.6) is 11.5 Å². The number of hydrogen-bond donors (Lipinski definition) is 2. The number of nitrogens with one attached hydrogen (secondary N) is 2. The van der Waals surface area contributed by atoms with Crippen molar-refractivity contribution in [1.29, 1.82) is 0 Å². The minimum Gasteiger partial charge on any atom is -0.494 e. The van der Waals surface area contributed by atoms with Gasteiger partial charge in [0.1, 0.15) is 11.5 Å². The molecule has 76 heavy (non-hydrogen) atoms. The molecule has 0 saturated carbocycles. The van der Waals surface area contributed by atoms with Crippen molar-refractivity contribution in [1.82, 2.24) is 0 Å². The highest BCUT2D eigenvalue weighted by Crippen LogP contribution is 2.37. The van der Waals surface area contributed by atoms with Gasteiger partial charge in [-0.2, -0.15) is 10.2 Å². The summed E-state index contributed by atoms with van der Waals surface area (Å²) in [5.74, 6) is 0.344. The molecule has 0 heterocycles. The SMILES string of the molecule is C=C(C)C(=O)OCCCCCCOc1ccc(C(=O)Oc2ccc(CNc3ccc(N=Nc4ccc(-c5ccc(N=Nc6ccc(NCc7ccccc7)c7ccccc67)c(C)c5)cc4C)c4ccccc34)cc2)cc1. The van der Waals surface area contributed by atoms with Crippen LogP contribution in [0.4, 0.5) is 34.1 Å². The van der Waals surface area contributed by atoms with Crippen molar-refractivity contribution in [2.75, 3.05) is 23.8 Å². The van der Waals surface area contributed by atoms with Crippen LogP contribution < -0.4 is 20.1 Å². The van der Waals surface area contributed by atoms with E-state index in [-0.39, 0.29) is 5.97 Å². The topological polar surface area (TPSA) is 135 Å². The van der Waals surface area contributed by atoms with Crippen molar-refractivity contribution in [3.05, 3.63) is 228 Å². The van der Waals surface area contributed by atoms with Gasteiger partial charge in [-0.3, -0.25) is 0 Å². The number of aryl methyl sites for hydroxylation is 2. The highest BCUT2D eigenvalue weighted by molar-refractivity contribution is 6.02. The maximum absolute atomic E-state index is 13.0. The number of carbonyl (C=O) groups excluding carboxylic acids is 2. The molecule has 11 nitrogen and oxygen atoms in total. The molecule has 0 amide bonds. The number of unbranched alkanes of at least 4 members (excludes halogenated alkanes) is 3. The molecule has 0 bridgehead atoms. The van der Waals surface area contributed by atoms with Gasteiger partial charge in [0.15, 0.2) is 0 Å². The monoisotopic (exact) mass is 1000 g/mol. The summed E-state index contributed by atoms with van der Waals surface area (Å²) in [4.78, 5) is 24.4. The lowest BCUT2D eigenvalue weighted by molar-refractivity contribution is -0.139. The third kappa shape index (κ3) is 13.5. The Morgan fingerprint density at radius 2 is 0.934 bits per heavy atom. The lowest BCUT2D eigenvalue weighted by atomic mass is 10.0. The Bertz CT molecular complexity index is 3560. The molecule has 0 aromatic heterocycles. The Hall–Kier alpha value is -9.22. The molecule has 0 saturated heterocycles. The summed E-state index contributed by atoms with van der Waals surface area (Å²) in [5.41, 5.74) is 12.5. The zero-order chi connectivity index (χ0) is 52.6. The van der Waals surface area contributed by atoms with E-state index in [1.807, 2.05) is 72.8 Å². The van der Waals surface area contributed by atoms with Gasteiger partial charge in [-0.15, -0.1) is 10.2 Å². The molecule has 9 aromatic rings. The minimum atomic E-state index is -0.446. The van der Waals surface area contributed by atoms with Crippen molar-refractivity contribution in [2.24, 2.45) is 20.5 Å². The molecule has 380 valence electrons. The fourth-order valence-corrected chi connectivity index (χ4v) is 8.71. The molecule has 9 rings (SSSR count). The normalized spacial score (nSPS) is 11.3. The molecule has 0 aliphatic carbocycles. The molecular weight excluding hydrogens is 945 g/mol. The molecular formula is C65H60N6O5. The average Bonchev–Trinajstić information content (AvgIpc) is 3.45. The van der Waals surface area contributed by atoms with Crippen LogP contribution in [0.1, 0.15) is 65.2 Å². The van der Waals surface area contributed by atoms with Gasteiger partial charge in [-0.1, -0.05) is 110 Å². The lowest BCUT2D eigenvalue weighted by Crippen LogP contribution is -2.08. The Kier molecular flexibility index (Phi) is 17.1. The van der Waals surface area contributed by atoms with Crippen LogP contribution in [0, 0.1) is 13.8 Å². The molecule has 11 heteroatoms. The number of carbonyl (C=O) groups is 2. The molecule has 2 N–H and O–H groups in total. The van der Waals surface area contributed by atoms with Crippen molar-refractivity contribution < 1.29 is 23.8 Å². The first-order valence-corrected chi connectivity index (χ1v) is 25.6. The second-order valence-electron chi connectivity index (χ2n) is 18.7. The Morgan fingerprint density at radius 3 is 1.46 bits per heavy atom. The standard InChI is InChI=1S/C65H60N6O5/c1-44(2)64(72)75-39-15-6-5-14-38-74-52-30-24-49(25-31-52)65(73)76-53-28-22-48(23-29-53)43-67-61-35-37-63(57-21-13-11-19-55(57)61)71-69-59-33-27-51(41-46(59)4)50-26-32-58(45(3)40-50)68-70-62-36-34-60(54-18-10-12-20-56(54)62)66-42-47-16-8-7-9-17-47/h7-13,16-37,40-41,66-67H,1,5-6,14-15,38-39,42-43H2,2-4H3. The van der Waals surface area contributed by atoms with Crippen LogP contribution in [-0.4, -0.2) is 25.2 Å². The van der Waals surface area contributed by atoms with Crippen LogP contribution in [0.2, 0.25) is 0 Å². The Labute approximate surface area is 444 Å². The fourth-order valence-electron chi connectivity index (χ4n) is 8.71. The van der Waals surface area contributed by atoms with Crippen LogP contribution in [0.25, 0.3) is 32.7 Å². The number of nitrogens with zero attached hydrogens (tertiary/aromatic N) is 4. The third-order valence-corrected chi connectivity index (χ3v) is 13.0. The van der Waals surface area contributed by atoms with E-state index in [0.717, 1.165) is 116 Å². The zero-order valence-corrected chi connectivity index (χ0v) is 43.1. The summed E-state index contributed by atoms with van der Waals surface area (Å²) in [6.07, 6.45) is 3.57. The van der Waals surface area contributed by atoms with E-state index in [4.69, 9.17) is 34.7 Å². The predicted octanol–water partition coefficient (Wildman–Crippen LogP) is 17.6. The van der Waals surface area contributed by atoms with Gasteiger partial charge in [-0.05, 0) is 165 Å². The van der Waals surface area contributed by atoms with Gasteiger partial charge in [-0.25, -0.2) is 9.59 Å². The molecule has 0 spiro atoms. The average molecular weight is 1010 g/mol. The first-order valence-electron chi connectivity index (χ1n) is 25.6. The number of anilines is 2. The van der Waals surface area contributed by atoms with Crippen molar-refractivity contribution in [3.63, 3.8) is 0 Å². The van der Waals surface area contributed by atoms with E-state index in [1.54, 1.807) is 43.3 Å². The van der Waals surface area contributed by atoms with E-state index >= 15 is 0 Å². The maximum Gasteiger partial charge on any atom is 0.343 e. The quantitative estimate of drug-likeness (QED) is 0.0227. The Morgan fingerprint density at radius 1 is 0.474 bits per heavy atom. The summed E-state index contributed by atoms with van der Waals surface area (Å²) in [6, 6.07) is 61.9. The second-order valence-corrected chi connectivity index (χ2v) is 18.7. The molecule has 9 aromatic carbocycles. The number of esters is 2. The molecule has 0 aliphatic rings. The molecule has 0 radical (unpaired) electrons. The minimum absolute atomic E-state index is 0.349. The van der Waals surface area contributed by atoms with E-state index in [9.17, 15) is 9.59 Å². The molecule has 0 atom stereocenters. The number of ether oxygens (including phenoxy) is 3. The first-order chi connectivity index (χ1) is 37.1. The predicted molar refractivity (Wildman–Crippen MR) is 306 cm³/mol. The van der Waals surface area contributed by atoms with Gasteiger partial charge >= 0.3 is 11.9 Å². The third-order valence-electron chi connectivity index (χ3n) is 13.0. The Balaban J connectivity index is 0.764. The lowest BCUT2D eigenvalue weighted by Gasteiger charge is -2.12. The first kappa shape index (κ1) is 51.7. The van der Waals surface area contributed by atoms with Crippen molar-refractivity contribution in [3.8, 4) is 22.6 Å². The van der Waals surface area contributed by atoms with Gasteiger partial charge in [0.05, 0.1) is 41.5 Å². The second kappa shape index (κ2) is 25.1. The highest BCUT2D eigenvalue weighted by atomic mass is 16.5. The van der Waals surface area contributed by atoms with E-state index in [0.29, 0.717) is 42.4 Å². The van der Waals surface area contributed by atoms with Gasteiger partial charge < -0.3 is 24.8 Å². The number of fused-ring (bicyclic) bond motifs is 2. The van der Waals surface area contributed by atoms with Gasteiger partial charge in [0.2, 0.25) is 0 Å². The largest absolute Gasteiger partial charge is 0.494 e. The summed E-state index contributed by atoms with van der Waals surface area (Å²) in [6.45, 7) is 11.6. The zero-order valence-electron chi connectivity index (χ0n) is 43.1.